The fourth-order valence-corrected chi connectivity index (χ4v) is 3.32. The molecule has 1 spiro atoms. The van der Waals surface area contributed by atoms with E-state index in [1.165, 1.54) is 5.57 Å². The van der Waals surface area contributed by atoms with Crippen molar-refractivity contribution in [2.45, 2.75) is 51.4 Å². The van der Waals surface area contributed by atoms with Gasteiger partial charge in [-0.15, -0.1) is 0 Å². The van der Waals surface area contributed by atoms with E-state index in [1.54, 1.807) is 7.11 Å². The maximum Gasteiger partial charge on any atom is 0.0976 e. The van der Waals surface area contributed by atoms with Gasteiger partial charge in [0.05, 0.1) is 24.4 Å². The molecule has 2 rings (SSSR count). The normalized spacial score (nSPS) is 39.5. The Hall–Kier alpha value is -0.640. The summed E-state index contributed by atoms with van der Waals surface area (Å²) in [6, 6.07) is 0. The lowest BCUT2D eigenvalue weighted by Gasteiger charge is -2.41. The lowest BCUT2D eigenvalue weighted by atomic mass is 9.69. The maximum absolute atomic E-state index is 10.1. The highest BCUT2D eigenvalue weighted by Crippen LogP contribution is 2.50. The van der Waals surface area contributed by atoms with Crippen molar-refractivity contribution in [2.24, 2.45) is 11.8 Å². The lowest BCUT2D eigenvalue weighted by molar-refractivity contribution is -0.106. The molecule has 3 heteroatoms. The number of allylic oxidation sites excluding steroid dienone is 4. The highest BCUT2D eigenvalue weighted by molar-refractivity contribution is 5.14. The molecule has 1 heterocycles. The summed E-state index contributed by atoms with van der Waals surface area (Å²) in [5, 5.41) is 10.1. The molecule has 1 aliphatic heterocycles. The van der Waals surface area contributed by atoms with Crippen LogP contribution in [0.25, 0.3) is 0 Å². The molecule has 2 fully saturated rings. The molecule has 1 aliphatic carbocycles. The predicted molar refractivity (Wildman–Crippen MR) is 75.9 cm³/mol. The van der Waals surface area contributed by atoms with E-state index in [-0.39, 0.29) is 23.7 Å². The van der Waals surface area contributed by atoms with Crippen LogP contribution in [0.5, 0.6) is 0 Å². The Morgan fingerprint density at radius 3 is 2.68 bits per heavy atom. The van der Waals surface area contributed by atoms with Crippen molar-refractivity contribution < 1.29 is 14.6 Å². The van der Waals surface area contributed by atoms with Crippen LogP contribution in [0.3, 0.4) is 0 Å². The minimum atomic E-state index is -0.371. The maximum atomic E-state index is 10.1. The number of hydrogen-bond acceptors (Lipinski definition) is 3. The smallest absolute Gasteiger partial charge is 0.0976 e. The minimum Gasteiger partial charge on any atom is -0.390 e. The molecule has 1 N–H and O–H groups in total. The van der Waals surface area contributed by atoms with Crippen molar-refractivity contribution in [2.75, 3.05) is 13.7 Å². The Kier molecular flexibility index (Phi) is 4.49. The SMILES string of the molecule is COC1C(O)CCC2(CO2)C1C(C)C=CC=C(C)C. The molecule has 3 nitrogen and oxygen atoms in total. The second-order valence-corrected chi connectivity index (χ2v) is 6.17. The van der Waals surface area contributed by atoms with Crippen molar-refractivity contribution in [1.29, 1.82) is 0 Å². The van der Waals surface area contributed by atoms with E-state index in [0.717, 1.165) is 19.4 Å². The van der Waals surface area contributed by atoms with Gasteiger partial charge in [0.1, 0.15) is 0 Å². The quantitative estimate of drug-likeness (QED) is 0.628. The predicted octanol–water partition coefficient (Wildman–Crippen LogP) is 2.70. The number of rotatable bonds is 4. The molecule has 0 aromatic rings. The molecule has 0 bridgehead atoms. The van der Waals surface area contributed by atoms with Gasteiger partial charge in [0.25, 0.3) is 0 Å². The average Bonchev–Trinajstić information content (AvgIpc) is 3.12. The first-order valence-electron chi connectivity index (χ1n) is 7.17. The second kappa shape index (κ2) is 5.78. The molecule has 108 valence electrons. The molecule has 1 saturated carbocycles. The van der Waals surface area contributed by atoms with Crippen molar-refractivity contribution in [3.05, 3.63) is 23.8 Å². The van der Waals surface area contributed by atoms with Gasteiger partial charge in [-0.3, -0.25) is 0 Å². The van der Waals surface area contributed by atoms with E-state index in [4.69, 9.17) is 9.47 Å². The summed E-state index contributed by atoms with van der Waals surface area (Å²) >= 11 is 0. The fraction of sp³-hybridized carbons (Fsp3) is 0.750. The van der Waals surface area contributed by atoms with E-state index in [2.05, 4.69) is 39.0 Å². The molecular formula is C16H26O3. The Morgan fingerprint density at radius 1 is 1.47 bits per heavy atom. The van der Waals surface area contributed by atoms with Crippen LogP contribution < -0.4 is 0 Å². The Balaban J connectivity index is 2.13. The van der Waals surface area contributed by atoms with Gasteiger partial charge in [-0.25, -0.2) is 0 Å². The van der Waals surface area contributed by atoms with Gasteiger partial charge < -0.3 is 14.6 Å². The third kappa shape index (κ3) is 3.10. The number of epoxide rings is 1. The molecule has 19 heavy (non-hydrogen) atoms. The van der Waals surface area contributed by atoms with Crippen molar-refractivity contribution >= 4 is 0 Å². The van der Waals surface area contributed by atoms with Crippen molar-refractivity contribution in [3.8, 4) is 0 Å². The summed E-state index contributed by atoms with van der Waals surface area (Å²) in [5.74, 6) is 0.570. The third-order valence-corrected chi connectivity index (χ3v) is 4.40. The molecule has 0 radical (unpaired) electrons. The molecule has 0 aromatic carbocycles. The summed E-state index contributed by atoms with van der Waals surface area (Å²) in [6.45, 7) is 7.17. The van der Waals surface area contributed by atoms with Crippen LogP contribution in [0, 0.1) is 11.8 Å². The highest BCUT2D eigenvalue weighted by atomic mass is 16.6. The van der Waals surface area contributed by atoms with E-state index in [1.807, 2.05) is 0 Å². The molecular weight excluding hydrogens is 240 g/mol. The summed E-state index contributed by atoms with van der Waals surface area (Å²) < 4.78 is 11.3. The first kappa shape index (κ1) is 14.8. The van der Waals surface area contributed by atoms with Crippen LogP contribution in [-0.2, 0) is 9.47 Å². The molecule has 0 aromatic heterocycles. The van der Waals surface area contributed by atoms with E-state index >= 15 is 0 Å². The summed E-state index contributed by atoms with van der Waals surface area (Å²) in [7, 11) is 1.69. The lowest BCUT2D eigenvalue weighted by Crippen LogP contribution is -2.50. The van der Waals surface area contributed by atoms with E-state index in [0.29, 0.717) is 5.92 Å². The van der Waals surface area contributed by atoms with Crippen LogP contribution in [0.15, 0.2) is 23.8 Å². The summed E-state index contributed by atoms with van der Waals surface area (Å²) in [4.78, 5) is 0. The largest absolute Gasteiger partial charge is 0.390 e. The zero-order valence-electron chi connectivity index (χ0n) is 12.4. The third-order valence-electron chi connectivity index (χ3n) is 4.40. The van der Waals surface area contributed by atoms with Crippen molar-refractivity contribution in [3.63, 3.8) is 0 Å². The minimum absolute atomic E-state index is 0.0470. The van der Waals surface area contributed by atoms with Gasteiger partial charge in [0.2, 0.25) is 0 Å². The van der Waals surface area contributed by atoms with Gasteiger partial charge in [-0.05, 0) is 32.6 Å². The zero-order chi connectivity index (χ0) is 14.0. The van der Waals surface area contributed by atoms with Gasteiger partial charge >= 0.3 is 0 Å². The monoisotopic (exact) mass is 266 g/mol. The number of aliphatic hydroxyl groups excluding tert-OH is 1. The second-order valence-electron chi connectivity index (χ2n) is 6.17. The Labute approximate surface area is 116 Å². The van der Waals surface area contributed by atoms with Crippen LogP contribution >= 0.6 is 0 Å². The van der Waals surface area contributed by atoms with Gasteiger partial charge in [-0.1, -0.05) is 30.7 Å². The van der Waals surface area contributed by atoms with Gasteiger partial charge in [0.15, 0.2) is 0 Å². The molecule has 5 atom stereocenters. The van der Waals surface area contributed by atoms with E-state index in [9.17, 15) is 5.11 Å². The molecule has 1 saturated heterocycles. The van der Waals surface area contributed by atoms with Gasteiger partial charge in [-0.2, -0.15) is 0 Å². The number of hydrogen-bond donors (Lipinski definition) is 1. The summed E-state index contributed by atoms with van der Waals surface area (Å²) in [5.41, 5.74) is 1.24. The highest BCUT2D eigenvalue weighted by Gasteiger charge is 2.59. The number of ether oxygens (including phenoxy) is 2. The fourth-order valence-electron chi connectivity index (χ4n) is 3.32. The Morgan fingerprint density at radius 2 is 2.16 bits per heavy atom. The Bertz CT molecular complexity index is 364. The van der Waals surface area contributed by atoms with Crippen LogP contribution in [0.2, 0.25) is 0 Å². The molecule has 5 unspecified atom stereocenters. The number of methoxy groups -OCH3 is 1. The first-order valence-corrected chi connectivity index (χ1v) is 7.17. The van der Waals surface area contributed by atoms with Crippen LogP contribution in [0.1, 0.15) is 33.6 Å². The summed E-state index contributed by atoms with van der Waals surface area (Å²) in [6.07, 6.45) is 7.64. The van der Waals surface area contributed by atoms with Crippen LogP contribution in [0.4, 0.5) is 0 Å². The van der Waals surface area contributed by atoms with Crippen molar-refractivity contribution in [1.82, 2.24) is 0 Å². The van der Waals surface area contributed by atoms with Crippen LogP contribution in [-0.4, -0.2) is 36.6 Å². The molecule has 0 amide bonds. The zero-order valence-corrected chi connectivity index (χ0v) is 12.4. The van der Waals surface area contributed by atoms with Gasteiger partial charge in [0, 0.05) is 13.0 Å². The first-order chi connectivity index (χ1) is 9.00. The topological polar surface area (TPSA) is 42.0 Å². The molecule has 2 aliphatic rings. The number of aliphatic hydroxyl groups is 1. The average molecular weight is 266 g/mol. The standard InChI is InChI=1S/C16H26O3/c1-11(2)6-5-7-12(3)14-15(18-4)13(17)8-9-16(14)10-19-16/h5-7,12-15,17H,8-10H2,1-4H3. The van der Waals surface area contributed by atoms with E-state index < -0.39 is 0 Å².